The summed E-state index contributed by atoms with van der Waals surface area (Å²) in [5, 5.41) is 20.5. The highest BCUT2D eigenvalue weighted by Crippen LogP contribution is 2.28. The number of aromatic nitrogens is 2. The molecular weight excluding hydrogens is 336 g/mol. The Labute approximate surface area is 148 Å². The molecular formula is C18H16N4O4. The predicted octanol–water partition coefficient (Wildman–Crippen LogP) is 3.22. The minimum absolute atomic E-state index is 0.000856. The van der Waals surface area contributed by atoms with Gasteiger partial charge >= 0.3 is 12.1 Å². The Morgan fingerprint density at radius 2 is 1.81 bits per heavy atom. The molecule has 8 nitrogen and oxygen atoms in total. The molecule has 0 saturated carbocycles. The van der Waals surface area contributed by atoms with Crippen molar-refractivity contribution in [2.24, 2.45) is 0 Å². The van der Waals surface area contributed by atoms with Crippen molar-refractivity contribution in [3.63, 3.8) is 0 Å². The number of carboxylic acids is 1. The number of nitrogens with zero attached hydrogens (tertiary/aromatic N) is 2. The first kappa shape index (κ1) is 17.0. The van der Waals surface area contributed by atoms with E-state index in [-0.39, 0.29) is 22.9 Å². The Hall–Kier alpha value is -3.81. The van der Waals surface area contributed by atoms with E-state index >= 15 is 0 Å². The number of benzene rings is 2. The fraction of sp³-hybridized carbons (Fsp3) is 0.0556. The summed E-state index contributed by atoms with van der Waals surface area (Å²) in [6.45, 7) is 1.97. The van der Waals surface area contributed by atoms with Gasteiger partial charge in [-0.2, -0.15) is 0 Å². The topological polar surface area (TPSA) is 130 Å². The van der Waals surface area contributed by atoms with Gasteiger partial charge in [0.15, 0.2) is 0 Å². The van der Waals surface area contributed by atoms with Gasteiger partial charge in [0.25, 0.3) is 0 Å². The van der Waals surface area contributed by atoms with E-state index in [0.29, 0.717) is 5.69 Å². The van der Waals surface area contributed by atoms with E-state index in [0.717, 1.165) is 11.1 Å². The minimum Gasteiger partial charge on any atom is -0.478 e. The van der Waals surface area contributed by atoms with Crippen LogP contribution in [0.15, 0.2) is 48.7 Å². The third-order valence-electron chi connectivity index (χ3n) is 3.83. The van der Waals surface area contributed by atoms with Crippen LogP contribution in [0, 0.1) is 6.92 Å². The van der Waals surface area contributed by atoms with Crippen LogP contribution in [-0.4, -0.2) is 31.8 Å². The molecule has 1 aromatic heterocycles. The maximum absolute atomic E-state index is 11.3. The van der Waals surface area contributed by atoms with Crippen molar-refractivity contribution >= 4 is 23.7 Å². The first-order valence-electron chi connectivity index (χ1n) is 7.64. The van der Waals surface area contributed by atoms with Crippen molar-refractivity contribution in [2.75, 3.05) is 11.1 Å². The monoisotopic (exact) mass is 352 g/mol. The molecule has 1 heterocycles. The highest BCUT2D eigenvalue weighted by Gasteiger charge is 2.16. The molecule has 0 spiro atoms. The van der Waals surface area contributed by atoms with E-state index in [9.17, 15) is 14.7 Å². The molecule has 0 bridgehead atoms. The van der Waals surface area contributed by atoms with Crippen molar-refractivity contribution < 1.29 is 19.8 Å². The van der Waals surface area contributed by atoms with Gasteiger partial charge < -0.3 is 15.9 Å². The zero-order valence-electron chi connectivity index (χ0n) is 13.8. The Balaban J connectivity index is 2.13. The maximum Gasteiger partial charge on any atom is 0.409 e. The third kappa shape index (κ3) is 3.34. The molecule has 3 aromatic rings. The molecule has 0 aliphatic rings. The van der Waals surface area contributed by atoms with E-state index in [2.05, 4.69) is 10.3 Å². The number of nitrogens with one attached hydrogen (secondary N) is 1. The van der Waals surface area contributed by atoms with Crippen LogP contribution in [0.1, 0.15) is 15.9 Å². The summed E-state index contributed by atoms with van der Waals surface area (Å²) < 4.78 is 1.45. The van der Waals surface area contributed by atoms with E-state index < -0.39 is 12.1 Å². The summed E-state index contributed by atoms with van der Waals surface area (Å²) in [7, 11) is 0. The van der Waals surface area contributed by atoms with Gasteiger partial charge in [0.1, 0.15) is 0 Å². The lowest BCUT2D eigenvalue weighted by atomic mass is 10.1. The minimum atomic E-state index is -1.27. The largest absolute Gasteiger partial charge is 0.478 e. The van der Waals surface area contributed by atoms with E-state index in [4.69, 9.17) is 10.8 Å². The molecule has 5 N–H and O–H groups in total. The molecule has 1 amide bonds. The highest BCUT2D eigenvalue weighted by atomic mass is 16.4. The van der Waals surface area contributed by atoms with Gasteiger partial charge in [-0.25, -0.2) is 14.6 Å². The second kappa shape index (κ2) is 6.60. The van der Waals surface area contributed by atoms with Crippen molar-refractivity contribution in [1.82, 2.24) is 9.55 Å². The van der Waals surface area contributed by atoms with Crippen LogP contribution in [0.4, 0.5) is 16.4 Å². The van der Waals surface area contributed by atoms with Crippen LogP contribution in [0.25, 0.3) is 16.9 Å². The van der Waals surface area contributed by atoms with Crippen molar-refractivity contribution in [3.05, 3.63) is 59.8 Å². The molecule has 8 heteroatoms. The molecule has 0 aliphatic carbocycles. The quantitative estimate of drug-likeness (QED) is 0.570. The lowest BCUT2D eigenvalue weighted by Gasteiger charge is -2.12. The Kier molecular flexibility index (Phi) is 4.32. The van der Waals surface area contributed by atoms with Gasteiger partial charge in [-0.15, -0.1) is 0 Å². The molecule has 0 unspecified atom stereocenters. The van der Waals surface area contributed by atoms with Gasteiger partial charge in [-0.3, -0.25) is 9.88 Å². The normalized spacial score (nSPS) is 10.5. The van der Waals surface area contributed by atoms with Gasteiger partial charge in [-0.1, -0.05) is 29.8 Å². The summed E-state index contributed by atoms with van der Waals surface area (Å²) in [4.78, 5) is 26.6. The highest BCUT2D eigenvalue weighted by molar-refractivity contribution is 5.92. The van der Waals surface area contributed by atoms with Crippen LogP contribution in [0.3, 0.4) is 0 Å². The number of rotatable bonds is 4. The van der Waals surface area contributed by atoms with Gasteiger partial charge in [0, 0.05) is 11.8 Å². The number of aryl methyl sites for hydroxylation is 1. The molecule has 26 heavy (non-hydrogen) atoms. The number of amides is 1. The zero-order valence-corrected chi connectivity index (χ0v) is 13.8. The maximum atomic E-state index is 11.3. The lowest BCUT2D eigenvalue weighted by molar-refractivity contribution is 0.0697. The van der Waals surface area contributed by atoms with Crippen molar-refractivity contribution in [3.8, 4) is 16.9 Å². The summed E-state index contributed by atoms with van der Waals surface area (Å²) >= 11 is 0. The third-order valence-corrected chi connectivity index (χ3v) is 3.83. The van der Waals surface area contributed by atoms with Crippen LogP contribution >= 0.6 is 0 Å². The summed E-state index contributed by atoms with van der Waals surface area (Å²) in [5.74, 6) is -1.03. The van der Waals surface area contributed by atoms with Gasteiger partial charge in [0.2, 0.25) is 5.95 Å². The molecule has 3 rings (SSSR count). The average Bonchev–Trinajstić information content (AvgIpc) is 2.97. The molecule has 0 radical (unpaired) electrons. The number of carboxylic acid groups (broad SMARTS) is 2. The van der Waals surface area contributed by atoms with E-state index in [1.165, 1.54) is 22.8 Å². The number of hydrogen-bond donors (Lipinski definition) is 4. The number of nitrogen functional groups attached to an aromatic ring is 1. The molecule has 132 valence electrons. The number of aromatic carboxylic acids is 1. The Morgan fingerprint density at radius 1 is 1.12 bits per heavy atom. The predicted molar refractivity (Wildman–Crippen MR) is 96.8 cm³/mol. The summed E-state index contributed by atoms with van der Waals surface area (Å²) in [6.07, 6.45) is 0.361. The smallest absolute Gasteiger partial charge is 0.409 e. The average molecular weight is 352 g/mol. The standard InChI is InChI=1S/C18H16N4O4/c1-10-2-4-11(5-3-10)14-9-22(17(19)20-14)15-8-12(16(23)24)6-7-13(15)21-18(25)26/h2-9,21H,1H3,(H2,19,20)(H,23,24)(H,25,26). The molecule has 0 atom stereocenters. The van der Waals surface area contributed by atoms with E-state index in [1.807, 2.05) is 31.2 Å². The molecule has 0 fully saturated rings. The lowest BCUT2D eigenvalue weighted by Crippen LogP contribution is -2.12. The SMILES string of the molecule is Cc1ccc(-c2cn(-c3cc(C(=O)O)ccc3NC(=O)O)c(N)n2)cc1. The van der Waals surface area contributed by atoms with Gasteiger partial charge in [-0.05, 0) is 25.1 Å². The first-order valence-corrected chi connectivity index (χ1v) is 7.64. The number of nitrogens with two attached hydrogens (primary N) is 1. The second-order valence-electron chi connectivity index (χ2n) is 5.69. The van der Waals surface area contributed by atoms with Crippen molar-refractivity contribution in [1.29, 1.82) is 0 Å². The van der Waals surface area contributed by atoms with E-state index in [1.54, 1.807) is 6.20 Å². The summed E-state index contributed by atoms with van der Waals surface area (Å²) in [5.41, 5.74) is 8.99. The second-order valence-corrected chi connectivity index (χ2v) is 5.69. The number of anilines is 2. The van der Waals surface area contributed by atoms with Crippen LogP contribution in [0.2, 0.25) is 0 Å². The Morgan fingerprint density at radius 3 is 2.42 bits per heavy atom. The number of carbonyl (C=O) groups is 2. The molecule has 0 saturated heterocycles. The Bertz CT molecular complexity index is 993. The van der Waals surface area contributed by atoms with Crippen LogP contribution in [0.5, 0.6) is 0 Å². The molecule has 0 aliphatic heterocycles. The number of hydrogen-bond acceptors (Lipinski definition) is 4. The van der Waals surface area contributed by atoms with Crippen LogP contribution in [-0.2, 0) is 0 Å². The fourth-order valence-electron chi connectivity index (χ4n) is 2.54. The zero-order chi connectivity index (χ0) is 18.8. The van der Waals surface area contributed by atoms with Crippen LogP contribution < -0.4 is 11.1 Å². The fourth-order valence-corrected chi connectivity index (χ4v) is 2.54. The first-order chi connectivity index (χ1) is 12.3. The van der Waals surface area contributed by atoms with Gasteiger partial charge in [0.05, 0.1) is 22.6 Å². The molecule has 2 aromatic carbocycles. The van der Waals surface area contributed by atoms with Crippen molar-refractivity contribution in [2.45, 2.75) is 6.92 Å². The summed E-state index contributed by atoms with van der Waals surface area (Å²) in [6, 6.07) is 11.7. The number of imidazole rings is 1.